The third kappa shape index (κ3) is 3.70. The zero-order chi connectivity index (χ0) is 17.9. The van der Waals surface area contributed by atoms with Gasteiger partial charge in [0.1, 0.15) is 5.54 Å². The number of carbonyl (C=O) groups is 2. The van der Waals surface area contributed by atoms with Gasteiger partial charge in [0.2, 0.25) is 11.8 Å². The predicted octanol–water partition coefficient (Wildman–Crippen LogP) is 2.59. The van der Waals surface area contributed by atoms with Gasteiger partial charge in [0.15, 0.2) is 5.82 Å². The minimum Gasteiger partial charge on any atom is -0.478 e. The Hall–Kier alpha value is -2.70. The molecule has 1 aliphatic carbocycles. The summed E-state index contributed by atoms with van der Waals surface area (Å²) in [6.07, 6.45) is 4.55. The van der Waals surface area contributed by atoms with E-state index in [0.717, 1.165) is 32.1 Å². The summed E-state index contributed by atoms with van der Waals surface area (Å²) in [5.41, 5.74) is -0.000798. The van der Waals surface area contributed by atoms with Gasteiger partial charge in [-0.3, -0.25) is 4.79 Å². The van der Waals surface area contributed by atoms with Crippen LogP contribution in [0.3, 0.4) is 0 Å². The lowest BCUT2D eigenvalue weighted by Gasteiger charge is -2.35. The van der Waals surface area contributed by atoms with E-state index < -0.39 is 11.5 Å². The number of carboxylic acids is 1. The second kappa shape index (κ2) is 7.04. The molecule has 25 heavy (non-hydrogen) atoms. The summed E-state index contributed by atoms with van der Waals surface area (Å²) in [6.45, 7) is 1.72. The molecule has 1 aromatic carbocycles. The summed E-state index contributed by atoms with van der Waals surface area (Å²) in [5, 5.41) is 16.3. The van der Waals surface area contributed by atoms with Gasteiger partial charge in [0, 0.05) is 6.92 Å². The van der Waals surface area contributed by atoms with E-state index in [2.05, 4.69) is 15.5 Å². The highest BCUT2D eigenvalue weighted by atomic mass is 16.5. The van der Waals surface area contributed by atoms with Crippen molar-refractivity contribution < 1.29 is 19.2 Å². The summed E-state index contributed by atoms with van der Waals surface area (Å²) in [5.74, 6) is -0.308. The van der Waals surface area contributed by atoms with Crippen LogP contribution in [0, 0.1) is 6.92 Å². The predicted molar refractivity (Wildman–Crippen MR) is 89.0 cm³/mol. The average molecular weight is 343 g/mol. The molecule has 0 saturated heterocycles. The number of aromatic nitrogens is 2. The van der Waals surface area contributed by atoms with Crippen LogP contribution in [0.15, 0.2) is 28.8 Å². The largest absolute Gasteiger partial charge is 0.478 e. The van der Waals surface area contributed by atoms with Gasteiger partial charge in [0.05, 0.1) is 12.0 Å². The number of carbonyl (C=O) groups excluding carboxylic acids is 1. The fraction of sp³-hybridized carbons (Fsp3) is 0.444. The van der Waals surface area contributed by atoms with Crippen molar-refractivity contribution in [1.82, 2.24) is 15.5 Å². The Morgan fingerprint density at radius 2 is 1.96 bits per heavy atom. The van der Waals surface area contributed by atoms with Crippen LogP contribution < -0.4 is 5.32 Å². The SMILES string of the molecule is Cc1nc(C2(NC(=O)Cc3ccccc3C(=O)O)CCCCC2)no1. The van der Waals surface area contributed by atoms with Gasteiger partial charge in [-0.1, -0.05) is 42.6 Å². The van der Waals surface area contributed by atoms with E-state index >= 15 is 0 Å². The van der Waals surface area contributed by atoms with Gasteiger partial charge in [-0.15, -0.1) is 0 Å². The Kier molecular flexibility index (Phi) is 4.83. The number of amides is 1. The van der Waals surface area contributed by atoms with Crippen molar-refractivity contribution in [3.63, 3.8) is 0 Å². The summed E-state index contributed by atoms with van der Waals surface area (Å²) in [4.78, 5) is 28.3. The highest BCUT2D eigenvalue weighted by molar-refractivity contribution is 5.91. The van der Waals surface area contributed by atoms with Gasteiger partial charge in [-0.25, -0.2) is 4.79 Å². The van der Waals surface area contributed by atoms with E-state index in [4.69, 9.17) is 4.52 Å². The number of aromatic carboxylic acids is 1. The summed E-state index contributed by atoms with van der Waals surface area (Å²) in [6, 6.07) is 6.54. The number of aryl methyl sites for hydroxylation is 1. The third-order valence-electron chi connectivity index (χ3n) is 4.64. The lowest BCUT2D eigenvalue weighted by Crippen LogP contribution is -2.48. The fourth-order valence-electron chi connectivity index (χ4n) is 3.42. The normalized spacial score (nSPS) is 16.4. The molecule has 7 heteroatoms. The van der Waals surface area contributed by atoms with Crippen LogP contribution in [0.5, 0.6) is 0 Å². The van der Waals surface area contributed by atoms with Crippen LogP contribution in [0.4, 0.5) is 0 Å². The van der Waals surface area contributed by atoms with Crippen molar-refractivity contribution >= 4 is 11.9 Å². The molecule has 2 aromatic rings. The molecule has 0 unspecified atom stereocenters. The van der Waals surface area contributed by atoms with E-state index in [1.165, 1.54) is 6.07 Å². The molecule has 132 valence electrons. The number of hydrogen-bond donors (Lipinski definition) is 2. The van der Waals surface area contributed by atoms with Crippen LogP contribution >= 0.6 is 0 Å². The van der Waals surface area contributed by atoms with Gasteiger partial charge in [-0.05, 0) is 24.5 Å². The van der Waals surface area contributed by atoms with Crippen molar-refractivity contribution in [3.05, 3.63) is 47.1 Å². The topological polar surface area (TPSA) is 105 Å². The lowest BCUT2D eigenvalue weighted by molar-refractivity contribution is -0.123. The van der Waals surface area contributed by atoms with Crippen molar-refractivity contribution in [1.29, 1.82) is 0 Å². The first-order valence-electron chi connectivity index (χ1n) is 8.43. The molecule has 1 heterocycles. The number of carboxylic acid groups (broad SMARTS) is 1. The van der Waals surface area contributed by atoms with Crippen LogP contribution in [-0.2, 0) is 16.8 Å². The Labute approximate surface area is 145 Å². The monoisotopic (exact) mass is 343 g/mol. The van der Waals surface area contributed by atoms with E-state index in [1.54, 1.807) is 25.1 Å². The maximum absolute atomic E-state index is 12.7. The first kappa shape index (κ1) is 17.1. The number of rotatable bonds is 5. The molecule has 0 radical (unpaired) electrons. The Bertz CT molecular complexity index is 778. The molecule has 0 spiro atoms. The first-order chi connectivity index (χ1) is 12.0. The molecular formula is C18H21N3O4. The molecule has 7 nitrogen and oxygen atoms in total. The Morgan fingerprint density at radius 1 is 1.24 bits per heavy atom. The third-order valence-corrected chi connectivity index (χ3v) is 4.64. The van der Waals surface area contributed by atoms with Gasteiger partial charge < -0.3 is 14.9 Å². The maximum atomic E-state index is 12.7. The zero-order valence-electron chi connectivity index (χ0n) is 14.1. The Balaban J connectivity index is 1.81. The molecule has 1 amide bonds. The molecule has 1 aliphatic rings. The van der Waals surface area contributed by atoms with Crippen LogP contribution in [-0.4, -0.2) is 27.1 Å². The fourth-order valence-corrected chi connectivity index (χ4v) is 3.42. The molecule has 0 atom stereocenters. The van der Waals surface area contributed by atoms with Crippen LogP contribution in [0.25, 0.3) is 0 Å². The zero-order valence-corrected chi connectivity index (χ0v) is 14.1. The molecule has 1 aromatic heterocycles. The molecule has 0 bridgehead atoms. The van der Waals surface area contributed by atoms with E-state index in [-0.39, 0.29) is 17.9 Å². The minimum absolute atomic E-state index is 0.00105. The van der Waals surface area contributed by atoms with E-state index in [0.29, 0.717) is 17.3 Å². The average Bonchev–Trinajstić information content (AvgIpc) is 3.03. The summed E-state index contributed by atoms with van der Waals surface area (Å²) >= 11 is 0. The molecule has 3 rings (SSSR count). The maximum Gasteiger partial charge on any atom is 0.335 e. The van der Waals surface area contributed by atoms with E-state index in [1.807, 2.05) is 0 Å². The lowest BCUT2D eigenvalue weighted by atomic mass is 9.80. The molecule has 2 N–H and O–H groups in total. The van der Waals surface area contributed by atoms with Crippen LogP contribution in [0.1, 0.15) is 59.7 Å². The van der Waals surface area contributed by atoms with Gasteiger partial charge >= 0.3 is 5.97 Å². The smallest absolute Gasteiger partial charge is 0.335 e. The van der Waals surface area contributed by atoms with Crippen molar-refractivity contribution in [2.75, 3.05) is 0 Å². The quantitative estimate of drug-likeness (QED) is 0.864. The van der Waals surface area contributed by atoms with Crippen molar-refractivity contribution in [3.8, 4) is 0 Å². The second-order valence-electron chi connectivity index (χ2n) is 6.47. The highest BCUT2D eigenvalue weighted by Crippen LogP contribution is 2.35. The minimum atomic E-state index is -1.04. The van der Waals surface area contributed by atoms with Crippen LogP contribution in [0.2, 0.25) is 0 Å². The molecule has 1 saturated carbocycles. The number of hydrogen-bond acceptors (Lipinski definition) is 5. The standard InChI is InChI=1S/C18H21N3O4/c1-12-19-17(21-25-12)18(9-5-2-6-10-18)20-15(22)11-13-7-3-4-8-14(13)16(23)24/h3-4,7-8H,2,5-6,9-11H2,1H3,(H,20,22)(H,23,24). The van der Waals surface area contributed by atoms with Crippen molar-refractivity contribution in [2.45, 2.75) is 51.0 Å². The highest BCUT2D eigenvalue weighted by Gasteiger charge is 2.39. The molecule has 1 fully saturated rings. The summed E-state index contributed by atoms with van der Waals surface area (Å²) in [7, 11) is 0. The number of nitrogens with zero attached hydrogens (tertiary/aromatic N) is 2. The number of nitrogens with one attached hydrogen (secondary N) is 1. The van der Waals surface area contributed by atoms with E-state index in [9.17, 15) is 14.7 Å². The molecular weight excluding hydrogens is 322 g/mol. The molecule has 0 aliphatic heterocycles. The second-order valence-corrected chi connectivity index (χ2v) is 6.47. The number of benzene rings is 1. The first-order valence-corrected chi connectivity index (χ1v) is 8.43. The van der Waals surface area contributed by atoms with Gasteiger partial charge in [-0.2, -0.15) is 4.98 Å². The van der Waals surface area contributed by atoms with Gasteiger partial charge in [0.25, 0.3) is 0 Å². The summed E-state index contributed by atoms with van der Waals surface area (Å²) < 4.78 is 5.10. The van der Waals surface area contributed by atoms with Crippen molar-refractivity contribution in [2.24, 2.45) is 0 Å². The Morgan fingerprint density at radius 3 is 2.60 bits per heavy atom.